The topological polar surface area (TPSA) is 105 Å². The number of primary amides is 1. The van der Waals surface area contributed by atoms with Gasteiger partial charge in [-0.15, -0.1) is 0 Å². The van der Waals surface area contributed by atoms with Crippen molar-refractivity contribution in [2.24, 2.45) is 5.73 Å². The quantitative estimate of drug-likeness (QED) is 0.324. The number of carbonyl (C=O) groups excluding carboxylic acids is 3. The number of amides is 3. The summed E-state index contributed by atoms with van der Waals surface area (Å²) in [6.07, 6.45) is -0.638. The lowest BCUT2D eigenvalue weighted by molar-refractivity contribution is -0.137. The molecule has 1 aliphatic carbocycles. The molecule has 0 aromatic heterocycles. The van der Waals surface area contributed by atoms with Crippen molar-refractivity contribution in [3.8, 4) is 0 Å². The van der Waals surface area contributed by atoms with Gasteiger partial charge in [-0.25, -0.2) is 0 Å². The number of likely N-dealkylation sites (N-methyl/N-ethyl adjacent to an activating group) is 1. The van der Waals surface area contributed by atoms with Crippen molar-refractivity contribution in [1.82, 2.24) is 15.5 Å². The fourth-order valence-electron chi connectivity index (χ4n) is 5.18. The van der Waals surface area contributed by atoms with Crippen molar-refractivity contribution in [1.29, 1.82) is 0 Å². The minimum Gasteiger partial charge on any atom is -0.366 e. The number of hydrogen-bond acceptors (Lipinski definition) is 4. The molecular weight excluding hydrogens is 557 g/mol. The number of rotatable bonds is 8. The zero-order chi connectivity index (χ0) is 31.6. The Morgan fingerprint density at radius 1 is 0.907 bits per heavy atom. The van der Waals surface area contributed by atoms with Crippen LogP contribution < -0.4 is 16.4 Å². The Balaban J connectivity index is 0.000000480. The molecule has 0 unspecified atom stereocenters. The van der Waals surface area contributed by atoms with Crippen molar-refractivity contribution in [3.63, 3.8) is 0 Å². The third-order valence-electron chi connectivity index (χ3n) is 7.48. The number of benzene rings is 3. The van der Waals surface area contributed by atoms with E-state index in [1.165, 1.54) is 28.8 Å². The first kappa shape index (κ1) is 33.3. The van der Waals surface area contributed by atoms with Crippen LogP contribution >= 0.6 is 0 Å². The Bertz CT molecular complexity index is 1400. The second-order valence-electron chi connectivity index (χ2n) is 10.9. The average molecular weight is 597 g/mol. The molecular formula is C33H39F3N4O3. The molecule has 10 heteroatoms. The van der Waals surface area contributed by atoms with Gasteiger partial charge in [0.15, 0.2) is 0 Å². The molecule has 0 saturated heterocycles. The van der Waals surface area contributed by atoms with E-state index in [9.17, 15) is 27.6 Å². The van der Waals surface area contributed by atoms with Crippen LogP contribution in [0.15, 0.2) is 72.8 Å². The molecule has 4 N–H and O–H groups in total. The second kappa shape index (κ2) is 15.3. The number of alkyl halides is 3. The van der Waals surface area contributed by atoms with Gasteiger partial charge in [0, 0.05) is 29.8 Å². The van der Waals surface area contributed by atoms with Crippen LogP contribution in [-0.4, -0.2) is 48.3 Å². The summed E-state index contributed by atoms with van der Waals surface area (Å²) in [6, 6.07) is 19.4. The van der Waals surface area contributed by atoms with E-state index in [1.54, 1.807) is 24.3 Å². The van der Waals surface area contributed by atoms with Gasteiger partial charge >= 0.3 is 6.18 Å². The monoisotopic (exact) mass is 596 g/mol. The second-order valence-corrected chi connectivity index (χ2v) is 10.9. The van der Waals surface area contributed by atoms with Crippen LogP contribution in [0.5, 0.6) is 0 Å². The largest absolute Gasteiger partial charge is 0.416 e. The van der Waals surface area contributed by atoms with Gasteiger partial charge < -0.3 is 16.4 Å². The minimum atomic E-state index is -4.53. The Morgan fingerprint density at radius 2 is 1.58 bits per heavy atom. The lowest BCUT2D eigenvalue weighted by atomic mass is 9.89. The zero-order valence-corrected chi connectivity index (χ0v) is 24.7. The summed E-state index contributed by atoms with van der Waals surface area (Å²) in [5.74, 6) is -1.44. The molecule has 1 aliphatic rings. The molecule has 4 rings (SSSR count). The SMILES string of the molecule is Cc1ccc(CN(C)[C@H]2CCCC[C@@H]2NC(=O)CNC(=O)c2cccc(C(F)(F)F)c2)c(C)c1.NC(=O)c1ccccc1. The molecule has 0 spiro atoms. The van der Waals surface area contributed by atoms with Gasteiger partial charge in [-0.3, -0.25) is 19.3 Å². The maximum Gasteiger partial charge on any atom is 0.416 e. The Morgan fingerprint density at radius 3 is 2.21 bits per heavy atom. The lowest BCUT2D eigenvalue weighted by Gasteiger charge is -2.38. The third-order valence-corrected chi connectivity index (χ3v) is 7.48. The third kappa shape index (κ3) is 10.2. The molecule has 0 heterocycles. The van der Waals surface area contributed by atoms with E-state index in [2.05, 4.69) is 54.6 Å². The molecule has 0 aliphatic heterocycles. The van der Waals surface area contributed by atoms with Gasteiger partial charge in [0.25, 0.3) is 5.91 Å². The molecule has 0 bridgehead atoms. The fourth-order valence-corrected chi connectivity index (χ4v) is 5.18. The van der Waals surface area contributed by atoms with Crippen molar-refractivity contribution in [3.05, 3.63) is 106 Å². The van der Waals surface area contributed by atoms with Gasteiger partial charge in [-0.2, -0.15) is 13.2 Å². The molecule has 1 fully saturated rings. The van der Waals surface area contributed by atoms with Crippen molar-refractivity contribution < 1.29 is 27.6 Å². The number of halogens is 3. The Kier molecular flexibility index (Phi) is 11.9. The standard InChI is InChI=1S/C26H32F3N3O2.C7H7NO/c1-17-11-12-20(18(2)13-17)16-32(3)23-10-5-4-9-22(23)31-24(33)15-30-25(34)19-7-6-8-21(14-19)26(27,28)29;8-7(9)6-4-2-1-3-5-6/h6-8,11-14,22-23H,4-5,9-10,15-16H2,1-3H3,(H,30,34)(H,31,33);1-5H,(H2,8,9)/t22-,23-;/m0./s1. The average Bonchev–Trinajstić information content (AvgIpc) is 2.98. The van der Waals surface area contributed by atoms with E-state index in [-0.39, 0.29) is 36.0 Å². The number of nitrogens with one attached hydrogen (secondary N) is 2. The van der Waals surface area contributed by atoms with Crippen LogP contribution in [0.25, 0.3) is 0 Å². The Labute approximate surface area is 250 Å². The number of nitrogens with zero attached hydrogens (tertiary/aromatic N) is 1. The molecule has 7 nitrogen and oxygen atoms in total. The highest BCUT2D eigenvalue weighted by molar-refractivity contribution is 5.96. The number of aryl methyl sites for hydroxylation is 2. The van der Waals surface area contributed by atoms with Gasteiger partial charge in [0.1, 0.15) is 0 Å². The number of nitrogens with two attached hydrogens (primary N) is 1. The molecule has 3 aromatic rings. The highest BCUT2D eigenvalue weighted by Gasteiger charge is 2.31. The minimum absolute atomic E-state index is 0.0533. The highest BCUT2D eigenvalue weighted by atomic mass is 19.4. The predicted octanol–water partition coefficient (Wildman–Crippen LogP) is 5.40. The summed E-state index contributed by atoms with van der Waals surface area (Å²) in [5.41, 5.74) is 8.20. The van der Waals surface area contributed by atoms with E-state index in [1.807, 2.05) is 6.07 Å². The van der Waals surface area contributed by atoms with E-state index >= 15 is 0 Å². The van der Waals surface area contributed by atoms with Crippen LogP contribution in [-0.2, 0) is 17.5 Å². The van der Waals surface area contributed by atoms with Crippen LogP contribution in [0.1, 0.15) is 68.7 Å². The fraction of sp³-hybridized carbons (Fsp3) is 0.364. The summed E-state index contributed by atoms with van der Waals surface area (Å²) in [5, 5.41) is 5.46. The highest BCUT2D eigenvalue weighted by Crippen LogP contribution is 2.29. The van der Waals surface area contributed by atoms with Crippen molar-refractivity contribution in [2.75, 3.05) is 13.6 Å². The maximum atomic E-state index is 12.9. The molecule has 43 heavy (non-hydrogen) atoms. The first-order valence-electron chi connectivity index (χ1n) is 14.2. The Hall–Kier alpha value is -4.18. The molecule has 2 atom stereocenters. The summed E-state index contributed by atoms with van der Waals surface area (Å²) < 4.78 is 38.7. The van der Waals surface area contributed by atoms with Gasteiger partial charge in [-0.05, 0) is 75.2 Å². The zero-order valence-electron chi connectivity index (χ0n) is 24.7. The summed E-state index contributed by atoms with van der Waals surface area (Å²) in [7, 11) is 2.06. The van der Waals surface area contributed by atoms with E-state index in [0.717, 1.165) is 44.4 Å². The molecule has 230 valence electrons. The van der Waals surface area contributed by atoms with Gasteiger partial charge in [-0.1, -0.05) is 60.9 Å². The normalized spacial score (nSPS) is 16.5. The summed E-state index contributed by atoms with van der Waals surface area (Å²) >= 11 is 0. The number of hydrogen-bond donors (Lipinski definition) is 3. The first-order valence-corrected chi connectivity index (χ1v) is 14.2. The smallest absolute Gasteiger partial charge is 0.366 e. The van der Waals surface area contributed by atoms with Gasteiger partial charge in [0.05, 0.1) is 12.1 Å². The van der Waals surface area contributed by atoms with Crippen molar-refractivity contribution in [2.45, 2.75) is 64.3 Å². The molecule has 1 saturated carbocycles. The molecule has 3 aromatic carbocycles. The van der Waals surface area contributed by atoms with Crippen LogP contribution in [0.2, 0.25) is 0 Å². The van der Waals surface area contributed by atoms with Crippen LogP contribution in [0, 0.1) is 13.8 Å². The first-order chi connectivity index (χ1) is 20.3. The van der Waals surface area contributed by atoms with E-state index in [0.29, 0.717) is 5.56 Å². The lowest BCUT2D eigenvalue weighted by Crippen LogP contribution is -2.53. The molecule has 0 radical (unpaired) electrons. The van der Waals surface area contributed by atoms with E-state index < -0.39 is 17.6 Å². The maximum absolute atomic E-state index is 12.9. The molecule has 3 amide bonds. The van der Waals surface area contributed by atoms with E-state index in [4.69, 9.17) is 5.73 Å². The van der Waals surface area contributed by atoms with Crippen LogP contribution in [0.3, 0.4) is 0 Å². The van der Waals surface area contributed by atoms with Crippen molar-refractivity contribution >= 4 is 17.7 Å². The number of carbonyl (C=O) groups is 3. The summed E-state index contributed by atoms with van der Waals surface area (Å²) in [4.78, 5) is 37.5. The predicted molar refractivity (Wildman–Crippen MR) is 160 cm³/mol. The van der Waals surface area contributed by atoms with Crippen LogP contribution in [0.4, 0.5) is 13.2 Å². The summed E-state index contributed by atoms with van der Waals surface area (Å²) in [6.45, 7) is 4.65. The van der Waals surface area contributed by atoms with Gasteiger partial charge in [0.2, 0.25) is 11.8 Å².